The van der Waals surface area contributed by atoms with Crippen molar-refractivity contribution in [3.05, 3.63) is 11.3 Å². The molecule has 1 N–H and O–H groups in total. The maximum absolute atomic E-state index is 11.9. The van der Waals surface area contributed by atoms with Crippen molar-refractivity contribution in [2.24, 2.45) is 5.41 Å². The van der Waals surface area contributed by atoms with Crippen LogP contribution in [0.4, 0.5) is 4.79 Å². The number of ketones is 1. The van der Waals surface area contributed by atoms with Gasteiger partial charge in [0.2, 0.25) is 0 Å². The SMILES string of the molecule is CC(=O)C1=C(C(C)(C)C)N(C)C(=O)NC1(C)C.II. The van der Waals surface area contributed by atoms with Gasteiger partial charge in [-0.25, -0.2) is 4.79 Å². The van der Waals surface area contributed by atoms with E-state index in [1.165, 1.54) is 0 Å². The van der Waals surface area contributed by atoms with Crippen LogP contribution < -0.4 is 5.32 Å². The molecule has 6 heteroatoms. The van der Waals surface area contributed by atoms with Crippen LogP contribution in [0.3, 0.4) is 0 Å². The van der Waals surface area contributed by atoms with Crippen molar-refractivity contribution in [2.45, 2.75) is 47.1 Å². The Balaban J connectivity index is 0.00000154. The summed E-state index contributed by atoms with van der Waals surface area (Å²) < 4.78 is 0. The average Bonchev–Trinajstić information content (AvgIpc) is 2.22. The molecule has 0 unspecified atom stereocenters. The molecule has 0 radical (unpaired) electrons. The molecule has 4 nitrogen and oxygen atoms in total. The molecule has 0 saturated carbocycles. The molecule has 110 valence electrons. The molecule has 1 rings (SSSR count). The second-order valence-corrected chi connectivity index (χ2v) is 6.14. The van der Waals surface area contributed by atoms with Gasteiger partial charge in [-0.05, 0) is 20.8 Å². The van der Waals surface area contributed by atoms with Crippen molar-refractivity contribution >= 4 is 49.0 Å². The van der Waals surface area contributed by atoms with Crippen molar-refractivity contribution in [1.82, 2.24) is 10.2 Å². The summed E-state index contributed by atoms with van der Waals surface area (Å²) in [4.78, 5) is 25.3. The summed E-state index contributed by atoms with van der Waals surface area (Å²) in [6.07, 6.45) is 0. The van der Waals surface area contributed by atoms with Crippen LogP contribution in [0.15, 0.2) is 11.3 Å². The Morgan fingerprint density at radius 3 is 2.00 bits per heavy atom. The lowest BCUT2D eigenvalue weighted by Gasteiger charge is -2.43. The van der Waals surface area contributed by atoms with E-state index in [1.54, 1.807) is 18.9 Å². The van der Waals surface area contributed by atoms with Crippen molar-refractivity contribution in [3.8, 4) is 0 Å². The molecule has 1 aliphatic heterocycles. The highest BCUT2D eigenvalue weighted by atomic mass is 128. The highest BCUT2D eigenvalue weighted by molar-refractivity contribution is 15.0. The van der Waals surface area contributed by atoms with Crippen molar-refractivity contribution < 1.29 is 9.59 Å². The van der Waals surface area contributed by atoms with Gasteiger partial charge in [0.05, 0.1) is 5.54 Å². The van der Waals surface area contributed by atoms with Crippen LogP contribution in [0.2, 0.25) is 0 Å². The lowest BCUT2D eigenvalue weighted by molar-refractivity contribution is -0.114. The van der Waals surface area contributed by atoms with E-state index < -0.39 is 5.54 Å². The first-order chi connectivity index (χ1) is 8.48. The number of hydrogen-bond donors (Lipinski definition) is 1. The first-order valence-corrected chi connectivity index (χ1v) is 12.2. The van der Waals surface area contributed by atoms with E-state index in [1.807, 2.05) is 34.6 Å². The molecule has 0 atom stereocenters. The van der Waals surface area contributed by atoms with Crippen LogP contribution >= 0.6 is 37.2 Å². The molecule has 2 amide bonds. The number of rotatable bonds is 1. The summed E-state index contributed by atoms with van der Waals surface area (Å²) >= 11 is 4.24. The van der Waals surface area contributed by atoms with Gasteiger partial charge in [-0.2, -0.15) is 0 Å². The van der Waals surface area contributed by atoms with Gasteiger partial charge in [0, 0.05) is 61.0 Å². The molecule has 0 bridgehead atoms. The Morgan fingerprint density at radius 1 is 1.26 bits per heavy atom. The number of urea groups is 1. The summed E-state index contributed by atoms with van der Waals surface area (Å²) in [6.45, 7) is 11.3. The number of carbonyl (C=O) groups is 2. The molecule has 0 spiro atoms. The topological polar surface area (TPSA) is 49.4 Å². The Bertz CT molecular complexity index is 409. The predicted molar refractivity (Wildman–Crippen MR) is 95.6 cm³/mol. The standard InChI is InChI=1S/C13H22N2O2.I2/c1-8(16)9-10(12(2,3)4)15(7)11(17)14-13(9,5)6;1-2/h1-7H3,(H,14,17);. The number of halogens is 2. The zero-order chi connectivity index (χ0) is 15.6. The fourth-order valence-electron chi connectivity index (χ4n) is 2.46. The van der Waals surface area contributed by atoms with Gasteiger partial charge in [0.1, 0.15) is 0 Å². The third kappa shape index (κ3) is 4.30. The van der Waals surface area contributed by atoms with Gasteiger partial charge in [0.25, 0.3) is 0 Å². The Labute approximate surface area is 139 Å². The first-order valence-electron chi connectivity index (χ1n) is 5.95. The predicted octanol–water partition coefficient (Wildman–Crippen LogP) is 4.08. The van der Waals surface area contributed by atoms with Gasteiger partial charge in [0.15, 0.2) is 5.78 Å². The van der Waals surface area contributed by atoms with E-state index in [0.29, 0.717) is 5.57 Å². The van der Waals surface area contributed by atoms with Crippen LogP contribution in [-0.2, 0) is 4.79 Å². The van der Waals surface area contributed by atoms with E-state index >= 15 is 0 Å². The highest BCUT2D eigenvalue weighted by Gasteiger charge is 2.42. The smallest absolute Gasteiger partial charge is 0.322 e. The highest BCUT2D eigenvalue weighted by Crippen LogP contribution is 2.37. The van der Waals surface area contributed by atoms with Crippen LogP contribution in [0.1, 0.15) is 41.5 Å². The zero-order valence-corrected chi connectivity index (χ0v) is 16.8. The average molecular weight is 492 g/mol. The Morgan fingerprint density at radius 2 is 1.68 bits per heavy atom. The lowest BCUT2D eigenvalue weighted by atomic mass is 9.78. The van der Waals surface area contributed by atoms with E-state index in [4.69, 9.17) is 0 Å². The summed E-state index contributed by atoms with van der Waals surface area (Å²) in [5.41, 5.74) is 0.633. The molecular weight excluding hydrogens is 470 g/mol. The third-order valence-corrected chi connectivity index (χ3v) is 2.98. The number of Topliss-reactive ketones (excluding diaryl/α,β-unsaturated/α-hetero) is 1. The second kappa shape index (κ2) is 6.73. The number of nitrogens with one attached hydrogen (secondary N) is 1. The van der Waals surface area contributed by atoms with Crippen molar-refractivity contribution in [3.63, 3.8) is 0 Å². The van der Waals surface area contributed by atoms with Crippen molar-refractivity contribution in [2.75, 3.05) is 7.05 Å². The molecular formula is C13H22I2N2O2. The summed E-state index contributed by atoms with van der Waals surface area (Å²) in [6, 6.07) is -0.162. The molecule has 0 aliphatic carbocycles. The monoisotopic (exact) mass is 492 g/mol. The minimum atomic E-state index is -0.613. The molecule has 0 aromatic rings. The lowest BCUT2D eigenvalue weighted by Crippen LogP contribution is -2.58. The Kier molecular flexibility index (Phi) is 6.78. The molecule has 19 heavy (non-hydrogen) atoms. The molecule has 0 aromatic heterocycles. The van der Waals surface area contributed by atoms with Gasteiger partial charge >= 0.3 is 6.03 Å². The van der Waals surface area contributed by atoms with Gasteiger partial charge in [-0.1, -0.05) is 20.8 Å². The van der Waals surface area contributed by atoms with Crippen LogP contribution in [0.5, 0.6) is 0 Å². The number of amides is 2. The number of nitrogens with zero attached hydrogens (tertiary/aromatic N) is 1. The van der Waals surface area contributed by atoms with Gasteiger partial charge in [-0.3, -0.25) is 4.79 Å². The minimum Gasteiger partial charge on any atom is -0.329 e. The van der Waals surface area contributed by atoms with Gasteiger partial charge in [-0.15, -0.1) is 0 Å². The van der Waals surface area contributed by atoms with Crippen LogP contribution in [-0.4, -0.2) is 29.3 Å². The summed E-state index contributed by atoms with van der Waals surface area (Å²) in [5, 5.41) is 2.85. The number of carbonyl (C=O) groups excluding carboxylic acids is 2. The van der Waals surface area contributed by atoms with Crippen molar-refractivity contribution in [1.29, 1.82) is 0 Å². The van der Waals surface area contributed by atoms with E-state index in [-0.39, 0.29) is 17.2 Å². The van der Waals surface area contributed by atoms with Gasteiger partial charge < -0.3 is 10.2 Å². The largest absolute Gasteiger partial charge is 0.329 e. The summed E-state index contributed by atoms with van der Waals surface area (Å²) in [7, 11) is 1.70. The quantitative estimate of drug-likeness (QED) is 0.562. The third-order valence-electron chi connectivity index (χ3n) is 2.98. The minimum absolute atomic E-state index is 0.00627. The Hall–Kier alpha value is 0.140. The second-order valence-electron chi connectivity index (χ2n) is 6.14. The summed E-state index contributed by atoms with van der Waals surface area (Å²) in [5.74, 6) is 0.00627. The molecule has 1 aliphatic rings. The maximum Gasteiger partial charge on any atom is 0.322 e. The van der Waals surface area contributed by atoms with E-state index in [9.17, 15) is 9.59 Å². The maximum atomic E-state index is 11.9. The van der Waals surface area contributed by atoms with E-state index in [0.717, 1.165) is 5.70 Å². The fraction of sp³-hybridized carbons (Fsp3) is 0.692. The molecule has 1 heterocycles. The molecule has 0 fully saturated rings. The first kappa shape index (κ1) is 19.1. The fourth-order valence-corrected chi connectivity index (χ4v) is 2.46. The number of allylic oxidation sites excluding steroid dienone is 1. The van der Waals surface area contributed by atoms with Crippen LogP contribution in [0.25, 0.3) is 0 Å². The molecule has 0 saturated heterocycles. The zero-order valence-electron chi connectivity index (χ0n) is 12.5. The normalized spacial score (nSPS) is 18.6. The molecule has 0 aromatic carbocycles. The van der Waals surface area contributed by atoms with Crippen LogP contribution in [0, 0.1) is 5.41 Å². The van der Waals surface area contributed by atoms with E-state index in [2.05, 4.69) is 42.5 Å². The number of hydrogen-bond acceptors (Lipinski definition) is 2.